The van der Waals surface area contributed by atoms with Crippen LogP contribution >= 0.6 is 11.8 Å². The summed E-state index contributed by atoms with van der Waals surface area (Å²) in [5, 5.41) is 9.43. The third-order valence-corrected chi connectivity index (χ3v) is 5.80. The maximum atomic E-state index is 12.7. The van der Waals surface area contributed by atoms with Crippen molar-refractivity contribution in [3.8, 4) is 0 Å². The first kappa shape index (κ1) is 14.0. The Morgan fingerprint density at radius 1 is 1.15 bits per heavy atom. The Bertz CT molecular complexity index is 408. The van der Waals surface area contributed by atoms with Gasteiger partial charge < -0.3 is 14.9 Å². The Balaban J connectivity index is 1.73. The van der Waals surface area contributed by atoms with E-state index in [0.717, 1.165) is 25.9 Å². The molecule has 0 bridgehead atoms. The molecule has 7 heteroatoms. The molecule has 2 heterocycles. The van der Waals surface area contributed by atoms with Crippen LogP contribution in [0.15, 0.2) is 0 Å². The van der Waals surface area contributed by atoms with Gasteiger partial charge >= 0.3 is 12.0 Å². The Hall–Kier alpha value is -0.950. The SMILES string of the molecule is CN1CCN(C(=O)N2C(C(=O)O)CSC2C2CC2)CC1. The highest BCUT2D eigenvalue weighted by Crippen LogP contribution is 2.45. The molecule has 0 radical (unpaired) electrons. The summed E-state index contributed by atoms with van der Waals surface area (Å²) < 4.78 is 0. The fraction of sp³-hybridized carbons (Fsp3) is 0.846. The first-order chi connectivity index (χ1) is 9.58. The van der Waals surface area contributed by atoms with Crippen LogP contribution < -0.4 is 0 Å². The molecule has 0 aromatic heterocycles. The highest BCUT2D eigenvalue weighted by Gasteiger charge is 2.49. The third-order valence-electron chi connectivity index (χ3n) is 4.34. The van der Waals surface area contributed by atoms with E-state index in [1.165, 1.54) is 0 Å². The van der Waals surface area contributed by atoms with Crippen molar-refractivity contribution in [1.29, 1.82) is 0 Å². The minimum absolute atomic E-state index is 0.0725. The number of hydrogen-bond donors (Lipinski definition) is 1. The fourth-order valence-corrected chi connectivity index (χ4v) is 4.49. The Kier molecular flexibility index (Phi) is 3.81. The van der Waals surface area contributed by atoms with Crippen LogP contribution in [0.3, 0.4) is 0 Å². The third kappa shape index (κ3) is 2.61. The van der Waals surface area contributed by atoms with Crippen molar-refractivity contribution in [3.63, 3.8) is 0 Å². The van der Waals surface area contributed by atoms with Crippen LogP contribution in [-0.2, 0) is 4.79 Å². The lowest BCUT2D eigenvalue weighted by Crippen LogP contribution is -2.56. The first-order valence-corrected chi connectivity index (χ1v) is 8.23. The van der Waals surface area contributed by atoms with Gasteiger partial charge in [0.1, 0.15) is 6.04 Å². The molecule has 2 atom stereocenters. The molecule has 0 aromatic rings. The van der Waals surface area contributed by atoms with Crippen molar-refractivity contribution in [2.45, 2.75) is 24.3 Å². The second kappa shape index (κ2) is 5.44. The van der Waals surface area contributed by atoms with Gasteiger partial charge in [-0.15, -0.1) is 11.8 Å². The molecule has 0 aromatic carbocycles. The second-order valence-electron chi connectivity index (χ2n) is 5.90. The molecule has 1 N–H and O–H groups in total. The number of piperazine rings is 1. The van der Waals surface area contributed by atoms with E-state index in [0.29, 0.717) is 24.8 Å². The summed E-state index contributed by atoms with van der Waals surface area (Å²) in [6, 6.07) is -0.731. The molecule has 2 saturated heterocycles. The van der Waals surface area contributed by atoms with Gasteiger partial charge in [-0.2, -0.15) is 0 Å². The Morgan fingerprint density at radius 2 is 1.80 bits per heavy atom. The maximum absolute atomic E-state index is 12.7. The number of carboxylic acid groups (broad SMARTS) is 1. The standard InChI is InChI=1S/C13H21N3O3S/c1-14-4-6-15(7-5-14)13(19)16-10(12(17)18)8-20-11(16)9-2-3-9/h9-11H,2-8H2,1H3,(H,17,18). The van der Waals surface area contributed by atoms with E-state index in [1.807, 2.05) is 11.9 Å². The summed E-state index contributed by atoms with van der Waals surface area (Å²) in [6.07, 6.45) is 2.24. The van der Waals surface area contributed by atoms with E-state index in [9.17, 15) is 14.7 Å². The van der Waals surface area contributed by atoms with E-state index < -0.39 is 12.0 Å². The summed E-state index contributed by atoms with van der Waals surface area (Å²) >= 11 is 1.64. The summed E-state index contributed by atoms with van der Waals surface area (Å²) in [6.45, 7) is 3.11. The van der Waals surface area contributed by atoms with Crippen molar-refractivity contribution in [2.75, 3.05) is 39.0 Å². The number of hydrogen-bond acceptors (Lipinski definition) is 4. The molecule has 0 spiro atoms. The molecule has 2 amide bonds. The van der Waals surface area contributed by atoms with Gasteiger partial charge in [0.05, 0.1) is 5.37 Å². The lowest BCUT2D eigenvalue weighted by atomic mass is 10.2. The zero-order chi connectivity index (χ0) is 14.3. The normalized spacial score (nSPS) is 31.6. The molecule has 2 aliphatic heterocycles. The lowest BCUT2D eigenvalue weighted by Gasteiger charge is -2.37. The summed E-state index contributed by atoms with van der Waals surface area (Å²) in [7, 11) is 2.04. The van der Waals surface area contributed by atoms with Gasteiger partial charge in [-0.05, 0) is 25.8 Å². The molecular weight excluding hydrogens is 278 g/mol. The number of carboxylic acids is 1. The fourth-order valence-electron chi connectivity index (χ4n) is 2.87. The van der Waals surface area contributed by atoms with E-state index in [4.69, 9.17) is 0 Å². The first-order valence-electron chi connectivity index (χ1n) is 7.18. The number of carbonyl (C=O) groups is 2. The van der Waals surface area contributed by atoms with Gasteiger partial charge in [0.15, 0.2) is 0 Å². The molecule has 1 saturated carbocycles. The highest BCUT2D eigenvalue weighted by molar-refractivity contribution is 8.00. The summed E-state index contributed by atoms with van der Waals surface area (Å²) in [5.74, 6) is 0.152. The predicted octanol–water partition coefficient (Wildman–Crippen LogP) is 0.592. The number of rotatable bonds is 2. The Morgan fingerprint density at radius 3 is 2.35 bits per heavy atom. The van der Waals surface area contributed by atoms with Gasteiger partial charge in [-0.25, -0.2) is 9.59 Å². The highest BCUT2D eigenvalue weighted by atomic mass is 32.2. The number of thioether (sulfide) groups is 1. The molecule has 3 fully saturated rings. The number of nitrogens with zero attached hydrogens (tertiary/aromatic N) is 3. The van der Waals surface area contributed by atoms with Crippen molar-refractivity contribution in [3.05, 3.63) is 0 Å². The number of likely N-dealkylation sites (N-methyl/N-ethyl adjacent to an activating group) is 1. The van der Waals surface area contributed by atoms with Crippen molar-refractivity contribution < 1.29 is 14.7 Å². The average molecular weight is 299 g/mol. The van der Waals surface area contributed by atoms with E-state index in [-0.39, 0.29) is 11.4 Å². The molecule has 112 valence electrons. The number of amides is 2. The van der Waals surface area contributed by atoms with Crippen LogP contribution in [0.1, 0.15) is 12.8 Å². The van der Waals surface area contributed by atoms with Gasteiger partial charge in [0.25, 0.3) is 0 Å². The molecular formula is C13H21N3O3S. The van der Waals surface area contributed by atoms with Crippen molar-refractivity contribution in [1.82, 2.24) is 14.7 Å². The molecule has 3 rings (SSSR count). The zero-order valence-electron chi connectivity index (χ0n) is 11.7. The van der Waals surface area contributed by atoms with Gasteiger partial charge in [0, 0.05) is 31.9 Å². The monoisotopic (exact) mass is 299 g/mol. The van der Waals surface area contributed by atoms with Crippen LogP contribution in [0.4, 0.5) is 4.79 Å². The number of aliphatic carboxylic acids is 1. The van der Waals surface area contributed by atoms with E-state index in [2.05, 4.69) is 4.90 Å². The van der Waals surface area contributed by atoms with Gasteiger partial charge in [-0.1, -0.05) is 0 Å². The number of carbonyl (C=O) groups excluding carboxylic acids is 1. The molecule has 1 aliphatic carbocycles. The van der Waals surface area contributed by atoms with Crippen molar-refractivity contribution in [2.24, 2.45) is 5.92 Å². The second-order valence-corrected chi connectivity index (χ2v) is 7.05. The topological polar surface area (TPSA) is 64.1 Å². The molecule has 2 unspecified atom stereocenters. The minimum atomic E-state index is -0.872. The van der Waals surface area contributed by atoms with E-state index >= 15 is 0 Å². The largest absolute Gasteiger partial charge is 0.480 e. The minimum Gasteiger partial charge on any atom is -0.480 e. The van der Waals surface area contributed by atoms with Crippen molar-refractivity contribution >= 4 is 23.8 Å². The summed E-state index contributed by atoms with van der Waals surface area (Å²) in [4.78, 5) is 29.8. The van der Waals surface area contributed by atoms with Crippen LogP contribution in [0.25, 0.3) is 0 Å². The van der Waals surface area contributed by atoms with Crippen LogP contribution in [0, 0.1) is 5.92 Å². The summed E-state index contributed by atoms with van der Waals surface area (Å²) in [5.41, 5.74) is 0. The van der Waals surface area contributed by atoms with E-state index in [1.54, 1.807) is 16.7 Å². The van der Waals surface area contributed by atoms with Crippen LogP contribution in [-0.4, -0.2) is 82.2 Å². The molecule has 20 heavy (non-hydrogen) atoms. The average Bonchev–Trinajstić information content (AvgIpc) is 3.17. The molecule has 6 nitrogen and oxygen atoms in total. The number of urea groups is 1. The van der Waals surface area contributed by atoms with Crippen LogP contribution in [0.2, 0.25) is 0 Å². The maximum Gasteiger partial charge on any atom is 0.327 e. The van der Waals surface area contributed by atoms with Crippen LogP contribution in [0.5, 0.6) is 0 Å². The Labute approximate surface area is 123 Å². The van der Waals surface area contributed by atoms with Gasteiger partial charge in [-0.3, -0.25) is 4.90 Å². The zero-order valence-corrected chi connectivity index (χ0v) is 12.5. The van der Waals surface area contributed by atoms with Gasteiger partial charge in [0.2, 0.25) is 0 Å². The quantitative estimate of drug-likeness (QED) is 0.808. The lowest BCUT2D eigenvalue weighted by molar-refractivity contribution is -0.141. The smallest absolute Gasteiger partial charge is 0.327 e. The predicted molar refractivity (Wildman–Crippen MR) is 76.7 cm³/mol. The molecule has 3 aliphatic rings.